The van der Waals surface area contributed by atoms with E-state index in [1.807, 2.05) is 12.1 Å². The van der Waals surface area contributed by atoms with Crippen LogP contribution in [-0.2, 0) is 32.6 Å². The van der Waals surface area contributed by atoms with E-state index < -0.39 is 16.1 Å². The summed E-state index contributed by atoms with van der Waals surface area (Å²) in [4.78, 5) is 15.4. The lowest BCUT2D eigenvalue weighted by atomic mass is 10.1. The van der Waals surface area contributed by atoms with E-state index in [9.17, 15) is 13.2 Å². The molecule has 1 amide bonds. The first-order valence-electron chi connectivity index (χ1n) is 10.7. The van der Waals surface area contributed by atoms with Gasteiger partial charge in [0.25, 0.3) is 0 Å². The largest absolute Gasteiger partial charge is 0.379 e. The Morgan fingerprint density at radius 1 is 1.16 bits per heavy atom. The van der Waals surface area contributed by atoms with Crippen LogP contribution in [0.1, 0.15) is 24.5 Å². The van der Waals surface area contributed by atoms with Crippen molar-refractivity contribution in [3.8, 4) is 0 Å². The van der Waals surface area contributed by atoms with Gasteiger partial charge in [-0.15, -0.1) is 0 Å². The lowest BCUT2D eigenvalue weighted by Crippen LogP contribution is -2.49. The number of nitrogens with zero attached hydrogens (tertiary/aromatic N) is 2. The maximum atomic E-state index is 13.0. The SMILES string of the molecule is CC[C@@H](C(=O)NCc1cccc(CN2CCOCC2)c1)N(c1cccc(Cl)c1)S(C)(=O)=O. The number of nitrogens with one attached hydrogen (secondary N) is 1. The Labute approximate surface area is 195 Å². The molecule has 32 heavy (non-hydrogen) atoms. The fourth-order valence-corrected chi connectivity index (χ4v) is 5.22. The van der Waals surface area contributed by atoms with Crippen LogP contribution < -0.4 is 9.62 Å². The molecule has 9 heteroatoms. The van der Waals surface area contributed by atoms with Crippen molar-refractivity contribution >= 4 is 33.2 Å². The molecule has 0 radical (unpaired) electrons. The quantitative estimate of drug-likeness (QED) is 0.598. The lowest BCUT2D eigenvalue weighted by molar-refractivity contribution is -0.122. The molecule has 0 aliphatic carbocycles. The molecule has 0 aromatic heterocycles. The van der Waals surface area contributed by atoms with Crippen LogP contribution in [0.3, 0.4) is 0 Å². The van der Waals surface area contributed by atoms with Gasteiger partial charge in [0, 0.05) is 31.2 Å². The number of hydrogen-bond acceptors (Lipinski definition) is 5. The Morgan fingerprint density at radius 2 is 1.84 bits per heavy atom. The van der Waals surface area contributed by atoms with Gasteiger partial charge >= 0.3 is 0 Å². The molecule has 0 bridgehead atoms. The minimum Gasteiger partial charge on any atom is -0.379 e. The van der Waals surface area contributed by atoms with Crippen molar-refractivity contribution in [1.82, 2.24) is 10.2 Å². The van der Waals surface area contributed by atoms with E-state index in [0.29, 0.717) is 23.7 Å². The fraction of sp³-hybridized carbons (Fsp3) is 0.435. The third-order valence-electron chi connectivity index (χ3n) is 5.36. The summed E-state index contributed by atoms with van der Waals surface area (Å²) in [5.41, 5.74) is 2.50. The van der Waals surface area contributed by atoms with Crippen LogP contribution in [0.25, 0.3) is 0 Å². The van der Waals surface area contributed by atoms with E-state index in [1.54, 1.807) is 31.2 Å². The highest BCUT2D eigenvalue weighted by molar-refractivity contribution is 7.92. The fourth-order valence-electron chi connectivity index (χ4n) is 3.84. The Kier molecular flexibility index (Phi) is 8.53. The minimum absolute atomic E-state index is 0.319. The highest BCUT2D eigenvalue weighted by Crippen LogP contribution is 2.25. The van der Waals surface area contributed by atoms with Gasteiger partial charge in [-0.05, 0) is 35.7 Å². The van der Waals surface area contributed by atoms with Crippen LogP contribution in [0.5, 0.6) is 0 Å². The number of hydrogen-bond donors (Lipinski definition) is 1. The van der Waals surface area contributed by atoms with Crippen LogP contribution in [0.4, 0.5) is 5.69 Å². The van der Waals surface area contributed by atoms with Crippen molar-refractivity contribution in [1.29, 1.82) is 0 Å². The second-order valence-electron chi connectivity index (χ2n) is 7.89. The zero-order valence-electron chi connectivity index (χ0n) is 18.5. The van der Waals surface area contributed by atoms with Crippen LogP contribution in [0.15, 0.2) is 48.5 Å². The van der Waals surface area contributed by atoms with E-state index in [1.165, 1.54) is 5.56 Å². The number of carbonyl (C=O) groups excluding carboxylic acids is 1. The van der Waals surface area contributed by atoms with Gasteiger partial charge < -0.3 is 10.1 Å². The van der Waals surface area contributed by atoms with E-state index >= 15 is 0 Å². The molecule has 1 N–H and O–H groups in total. The van der Waals surface area contributed by atoms with Gasteiger partial charge in [-0.2, -0.15) is 0 Å². The number of carbonyl (C=O) groups is 1. The first-order valence-corrected chi connectivity index (χ1v) is 12.9. The number of amides is 1. The molecule has 1 fully saturated rings. The van der Waals surface area contributed by atoms with Gasteiger partial charge in [0.2, 0.25) is 15.9 Å². The molecule has 1 atom stereocenters. The van der Waals surface area contributed by atoms with Gasteiger partial charge in [-0.3, -0.25) is 14.0 Å². The predicted molar refractivity (Wildman–Crippen MR) is 127 cm³/mol. The number of ether oxygens (including phenoxy) is 1. The minimum atomic E-state index is -3.70. The molecule has 2 aromatic carbocycles. The third-order valence-corrected chi connectivity index (χ3v) is 6.78. The van der Waals surface area contributed by atoms with Crippen LogP contribution in [0.2, 0.25) is 5.02 Å². The molecule has 0 saturated carbocycles. The van der Waals surface area contributed by atoms with Gasteiger partial charge in [-0.25, -0.2) is 8.42 Å². The second-order valence-corrected chi connectivity index (χ2v) is 10.2. The number of anilines is 1. The average molecular weight is 480 g/mol. The van der Waals surface area contributed by atoms with Crippen molar-refractivity contribution in [3.63, 3.8) is 0 Å². The lowest BCUT2D eigenvalue weighted by Gasteiger charge is -2.30. The molecule has 1 aliphatic rings. The summed E-state index contributed by atoms with van der Waals surface area (Å²) in [6, 6.07) is 13.7. The number of morpholine rings is 1. The van der Waals surface area contributed by atoms with Crippen molar-refractivity contribution < 1.29 is 17.9 Å². The zero-order chi connectivity index (χ0) is 23.1. The van der Waals surface area contributed by atoms with Crippen molar-refractivity contribution in [2.75, 3.05) is 36.9 Å². The molecular formula is C23H30ClN3O4S. The first kappa shape index (κ1) is 24.5. The molecule has 174 valence electrons. The Bertz CT molecular complexity index is 1030. The van der Waals surface area contributed by atoms with Gasteiger partial charge in [0.05, 0.1) is 25.2 Å². The molecule has 7 nitrogen and oxygen atoms in total. The molecule has 1 saturated heterocycles. The van der Waals surface area contributed by atoms with Gasteiger partial charge in [0.15, 0.2) is 0 Å². The number of rotatable bonds is 9. The summed E-state index contributed by atoms with van der Waals surface area (Å²) in [5, 5.41) is 3.31. The Balaban J connectivity index is 1.70. The van der Waals surface area contributed by atoms with Crippen LogP contribution in [-0.4, -0.2) is 57.8 Å². The summed E-state index contributed by atoms with van der Waals surface area (Å²) in [7, 11) is -3.70. The summed E-state index contributed by atoms with van der Waals surface area (Å²) in [6.45, 7) is 6.25. The second kappa shape index (κ2) is 11.1. The number of benzene rings is 2. The molecule has 0 spiro atoms. The smallest absolute Gasteiger partial charge is 0.244 e. The summed E-state index contributed by atoms with van der Waals surface area (Å²) < 4.78 is 31.6. The van der Waals surface area contributed by atoms with E-state index in [0.717, 1.165) is 49.0 Å². The monoisotopic (exact) mass is 479 g/mol. The zero-order valence-corrected chi connectivity index (χ0v) is 20.0. The number of halogens is 1. The summed E-state index contributed by atoms with van der Waals surface area (Å²) in [6.07, 6.45) is 1.42. The molecule has 0 unspecified atom stereocenters. The van der Waals surface area contributed by atoms with E-state index in [2.05, 4.69) is 22.3 Å². The maximum Gasteiger partial charge on any atom is 0.244 e. The third kappa shape index (κ3) is 6.68. The van der Waals surface area contributed by atoms with Crippen molar-refractivity contribution in [3.05, 3.63) is 64.7 Å². The highest BCUT2D eigenvalue weighted by atomic mass is 35.5. The predicted octanol–water partition coefficient (Wildman–Crippen LogP) is 3.03. The average Bonchev–Trinajstić information content (AvgIpc) is 2.76. The molecule has 1 aliphatic heterocycles. The van der Waals surface area contributed by atoms with Gasteiger partial charge in [-0.1, -0.05) is 48.9 Å². The Morgan fingerprint density at radius 3 is 2.50 bits per heavy atom. The Hall–Kier alpha value is -2.13. The van der Waals surface area contributed by atoms with Crippen LogP contribution >= 0.6 is 11.6 Å². The van der Waals surface area contributed by atoms with Crippen molar-refractivity contribution in [2.45, 2.75) is 32.5 Å². The normalized spacial score (nSPS) is 15.8. The molecular weight excluding hydrogens is 450 g/mol. The number of sulfonamides is 1. The van der Waals surface area contributed by atoms with Gasteiger partial charge in [0.1, 0.15) is 6.04 Å². The topological polar surface area (TPSA) is 79.0 Å². The maximum absolute atomic E-state index is 13.0. The van der Waals surface area contributed by atoms with E-state index in [4.69, 9.17) is 16.3 Å². The first-order chi connectivity index (χ1) is 15.3. The van der Waals surface area contributed by atoms with Crippen molar-refractivity contribution in [2.24, 2.45) is 0 Å². The highest BCUT2D eigenvalue weighted by Gasteiger charge is 2.31. The van der Waals surface area contributed by atoms with E-state index in [-0.39, 0.29) is 5.91 Å². The summed E-state index contributed by atoms with van der Waals surface area (Å²) >= 11 is 6.06. The molecule has 3 rings (SSSR count). The molecule has 1 heterocycles. The molecule has 2 aromatic rings. The summed E-state index contributed by atoms with van der Waals surface area (Å²) in [5.74, 6) is -0.350. The van der Waals surface area contributed by atoms with Crippen LogP contribution in [0, 0.1) is 0 Å². The standard InChI is InChI=1S/C23H30ClN3O4S/c1-3-22(27(32(2,29)30)21-9-5-8-20(24)15-21)23(28)25-16-18-6-4-7-19(14-18)17-26-10-12-31-13-11-26/h4-9,14-15,22H,3,10-13,16-17H2,1-2H3,(H,25,28)/t22-/m0/s1.